The van der Waals surface area contributed by atoms with Crippen LogP contribution in [0.2, 0.25) is 5.02 Å². The minimum Gasteiger partial charge on any atom is -0.388 e. The van der Waals surface area contributed by atoms with Gasteiger partial charge in [-0.05, 0) is 81.4 Å². The molecule has 0 saturated carbocycles. The number of likely N-dealkylation sites (tertiary alicyclic amines) is 1. The highest BCUT2D eigenvalue weighted by Crippen LogP contribution is 2.31. The summed E-state index contributed by atoms with van der Waals surface area (Å²) < 4.78 is 0. The highest BCUT2D eigenvalue weighted by molar-refractivity contribution is 6.30. The number of nitrogens with zero attached hydrogens (tertiary/aromatic N) is 1. The van der Waals surface area contributed by atoms with Gasteiger partial charge in [-0.2, -0.15) is 0 Å². The standard InChI is InChI=1S/C18H27ClN2O/c19-17-3-1-15(2-4-17)18(22)16-7-11-21(12-8-16)13-14-5-9-20-10-6-14/h1-4,14,16,18,20,22H,5-13H2. The molecule has 22 heavy (non-hydrogen) atoms. The normalized spacial score (nSPS) is 23.5. The molecule has 2 heterocycles. The maximum absolute atomic E-state index is 10.6. The van der Waals surface area contributed by atoms with Crippen LogP contribution >= 0.6 is 11.6 Å². The Labute approximate surface area is 138 Å². The Bertz CT molecular complexity index is 451. The molecule has 2 fully saturated rings. The van der Waals surface area contributed by atoms with Gasteiger partial charge in [0.1, 0.15) is 0 Å². The number of piperidine rings is 2. The fraction of sp³-hybridized carbons (Fsp3) is 0.667. The molecule has 3 rings (SSSR count). The summed E-state index contributed by atoms with van der Waals surface area (Å²) in [5.74, 6) is 1.24. The van der Waals surface area contributed by atoms with Crippen LogP contribution in [0.25, 0.3) is 0 Å². The van der Waals surface area contributed by atoms with Gasteiger partial charge in [-0.1, -0.05) is 23.7 Å². The molecule has 0 aliphatic carbocycles. The van der Waals surface area contributed by atoms with Crippen LogP contribution in [-0.4, -0.2) is 42.7 Å². The molecule has 1 atom stereocenters. The molecule has 1 unspecified atom stereocenters. The van der Waals surface area contributed by atoms with Crippen LogP contribution in [0, 0.1) is 11.8 Å². The smallest absolute Gasteiger partial charge is 0.0819 e. The summed E-state index contributed by atoms with van der Waals surface area (Å²) in [5, 5.41) is 14.7. The lowest BCUT2D eigenvalue weighted by atomic mass is 9.87. The molecule has 0 radical (unpaired) electrons. The maximum atomic E-state index is 10.6. The number of aliphatic hydroxyl groups excluding tert-OH is 1. The number of hydrogen-bond donors (Lipinski definition) is 2. The van der Waals surface area contributed by atoms with Gasteiger partial charge < -0.3 is 15.3 Å². The Balaban J connectivity index is 1.47. The molecule has 3 nitrogen and oxygen atoms in total. The lowest BCUT2D eigenvalue weighted by molar-refractivity contribution is 0.0525. The third kappa shape index (κ3) is 4.23. The minimum atomic E-state index is -0.349. The van der Waals surface area contributed by atoms with Crippen LogP contribution in [0.1, 0.15) is 37.4 Å². The second-order valence-electron chi connectivity index (χ2n) is 6.83. The first-order chi connectivity index (χ1) is 10.7. The van der Waals surface area contributed by atoms with Crippen LogP contribution in [0.15, 0.2) is 24.3 Å². The Morgan fingerprint density at radius 2 is 1.73 bits per heavy atom. The molecular formula is C18H27ClN2O. The van der Waals surface area contributed by atoms with Crippen molar-refractivity contribution in [2.75, 3.05) is 32.7 Å². The van der Waals surface area contributed by atoms with E-state index < -0.39 is 0 Å². The van der Waals surface area contributed by atoms with E-state index in [-0.39, 0.29) is 6.10 Å². The van der Waals surface area contributed by atoms with Gasteiger partial charge >= 0.3 is 0 Å². The summed E-state index contributed by atoms with van der Waals surface area (Å²) in [4.78, 5) is 2.60. The minimum absolute atomic E-state index is 0.349. The third-order valence-corrected chi connectivity index (χ3v) is 5.52. The monoisotopic (exact) mass is 322 g/mol. The van der Waals surface area contributed by atoms with E-state index >= 15 is 0 Å². The molecule has 1 aromatic rings. The average Bonchev–Trinajstić information content (AvgIpc) is 2.57. The van der Waals surface area contributed by atoms with Crippen molar-refractivity contribution < 1.29 is 5.11 Å². The molecule has 2 aliphatic heterocycles. The number of benzene rings is 1. The van der Waals surface area contributed by atoms with Crippen LogP contribution < -0.4 is 5.32 Å². The van der Waals surface area contributed by atoms with Gasteiger partial charge in [0, 0.05) is 11.6 Å². The number of hydrogen-bond acceptors (Lipinski definition) is 3. The first kappa shape index (κ1) is 16.3. The van der Waals surface area contributed by atoms with Crippen molar-refractivity contribution in [1.29, 1.82) is 0 Å². The average molecular weight is 323 g/mol. The summed E-state index contributed by atoms with van der Waals surface area (Å²) in [7, 11) is 0. The van der Waals surface area contributed by atoms with Gasteiger partial charge in [-0.25, -0.2) is 0 Å². The largest absolute Gasteiger partial charge is 0.388 e. The molecule has 4 heteroatoms. The zero-order valence-corrected chi connectivity index (χ0v) is 13.9. The predicted octanol–water partition coefficient (Wildman–Crippen LogP) is 3.09. The highest BCUT2D eigenvalue weighted by Gasteiger charge is 2.27. The van der Waals surface area contributed by atoms with E-state index in [9.17, 15) is 5.11 Å². The molecule has 0 bridgehead atoms. The van der Waals surface area contributed by atoms with E-state index in [1.54, 1.807) is 0 Å². The van der Waals surface area contributed by atoms with Gasteiger partial charge in [0.15, 0.2) is 0 Å². The Kier molecular flexibility index (Phi) is 5.75. The second-order valence-corrected chi connectivity index (χ2v) is 7.26. The molecular weight excluding hydrogens is 296 g/mol. The van der Waals surface area contributed by atoms with Gasteiger partial charge in [-0.3, -0.25) is 0 Å². The molecule has 1 aromatic carbocycles. The number of halogens is 1. The summed E-state index contributed by atoms with van der Waals surface area (Å²) in [6, 6.07) is 7.64. The van der Waals surface area contributed by atoms with Crippen LogP contribution in [0.3, 0.4) is 0 Å². The summed E-state index contributed by atoms with van der Waals surface area (Å²) in [5.41, 5.74) is 1.00. The number of aliphatic hydroxyl groups is 1. The Hall–Kier alpha value is -0.610. The lowest BCUT2D eigenvalue weighted by Crippen LogP contribution is -2.41. The molecule has 2 aliphatic rings. The van der Waals surface area contributed by atoms with Gasteiger partial charge in [-0.15, -0.1) is 0 Å². The van der Waals surface area contributed by atoms with Crippen LogP contribution in [0.5, 0.6) is 0 Å². The summed E-state index contributed by atoms with van der Waals surface area (Å²) in [6.07, 6.45) is 4.46. The second kappa shape index (κ2) is 7.78. The van der Waals surface area contributed by atoms with E-state index in [1.807, 2.05) is 24.3 Å². The third-order valence-electron chi connectivity index (χ3n) is 5.27. The van der Waals surface area contributed by atoms with Gasteiger partial charge in [0.2, 0.25) is 0 Å². The zero-order chi connectivity index (χ0) is 15.4. The topological polar surface area (TPSA) is 35.5 Å². The van der Waals surface area contributed by atoms with Gasteiger partial charge in [0.25, 0.3) is 0 Å². The van der Waals surface area contributed by atoms with Gasteiger partial charge in [0.05, 0.1) is 6.10 Å². The first-order valence-corrected chi connectivity index (χ1v) is 8.97. The van der Waals surface area contributed by atoms with E-state index in [2.05, 4.69) is 10.2 Å². The zero-order valence-electron chi connectivity index (χ0n) is 13.2. The van der Waals surface area contributed by atoms with Crippen LogP contribution in [-0.2, 0) is 0 Å². The highest BCUT2D eigenvalue weighted by atomic mass is 35.5. The summed E-state index contributed by atoms with van der Waals surface area (Å²) in [6.45, 7) is 5.84. The van der Waals surface area contributed by atoms with Crippen molar-refractivity contribution in [3.8, 4) is 0 Å². The van der Waals surface area contributed by atoms with Crippen molar-refractivity contribution in [3.63, 3.8) is 0 Å². The van der Waals surface area contributed by atoms with Crippen LogP contribution in [0.4, 0.5) is 0 Å². The SMILES string of the molecule is OC(c1ccc(Cl)cc1)C1CCN(CC2CCNCC2)CC1. The van der Waals surface area contributed by atoms with Crippen molar-refractivity contribution in [3.05, 3.63) is 34.9 Å². The molecule has 0 spiro atoms. The summed E-state index contributed by atoms with van der Waals surface area (Å²) >= 11 is 5.92. The van der Waals surface area contributed by atoms with E-state index in [0.717, 1.165) is 42.4 Å². The van der Waals surface area contributed by atoms with Crippen molar-refractivity contribution in [2.24, 2.45) is 11.8 Å². The van der Waals surface area contributed by atoms with Crippen molar-refractivity contribution >= 4 is 11.6 Å². The Morgan fingerprint density at radius 1 is 1.09 bits per heavy atom. The fourth-order valence-corrected chi connectivity index (χ4v) is 3.94. The number of nitrogens with one attached hydrogen (secondary N) is 1. The fourth-order valence-electron chi connectivity index (χ4n) is 3.81. The first-order valence-electron chi connectivity index (χ1n) is 8.59. The molecule has 122 valence electrons. The van der Waals surface area contributed by atoms with E-state index in [4.69, 9.17) is 11.6 Å². The maximum Gasteiger partial charge on any atom is 0.0819 e. The Morgan fingerprint density at radius 3 is 2.36 bits per heavy atom. The van der Waals surface area contributed by atoms with Crippen molar-refractivity contribution in [1.82, 2.24) is 10.2 Å². The predicted molar refractivity (Wildman–Crippen MR) is 91.2 cm³/mol. The molecule has 0 aromatic heterocycles. The lowest BCUT2D eigenvalue weighted by Gasteiger charge is -2.37. The molecule has 0 amide bonds. The van der Waals surface area contributed by atoms with E-state index in [1.165, 1.54) is 32.5 Å². The van der Waals surface area contributed by atoms with Crippen molar-refractivity contribution in [2.45, 2.75) is 31.8 Å². The number of rotatable bonds is 4. The quantitative estimate of drug-likeness (QED) is 0.894. The molecule has 2 N–H and O–H groups in total. The van der Waals surface area contributed by atoms with E-state index in [0.29, 0.717) is 5.92 Å². The molecule has 2 saturated heterocycles.